The fourth-order valence-electron chi connectivity index (χ4n) is 3.97. The molecule has 35 heavy (non-hydrogen) atoms. The lowest BCUT2D eigenvalue weighted by atomic mass is 9.95. The van der Waals surface area contributed by atoms with Gasteiger partial charge in [0.2, 0.25) is 0 Å². The SMILES string of the molecule is C#CC(C(=O)Oc1c(-c2cc(C)cc(C)c2)cc(-c2ccccc2)nc1C(C)C)(C(C)O)[P+](=O)O. The van der Waals surface area contributed by atoms with Gasteiger partial charge in [-0.1, -0.05) is 73.5 Å². The maximum Gasteiger partial charge on any atom is 0.540 e. The van der Waals surface area contributed by atoms with E-state index in [0.29, 0.717) is 17.0 Å². The maximum atomic E-state index is 13.3. The summed E-state index contributed by atoms with van der Waals surface area (Å²) in [6.45, 7) is 8.95. The van der Waals surface area contributed by atoms with Crippen LogP contribution in [0.1, 0.15) is 43.5 Å². The number of hydrogen-bond donors (Lipinski definition) is 2. The highest BCUT2D eigenvalue weighted by molar-refractivity contribution is 7.42. The number of hydrogen-bond acceptors (Lipinski definition) is 5. The molecule has 7 heteroatoms. The van der Waals surface area contributed by atoms with Crippen molar-refractivity contribution in [2.45, 2.75) is 51.8 Å². The van der Waals surface area contributed by atoms with E-state index >= 15 is 0 Å². The molecule has 0 aliphatic carbocycles. The number of aliphatic hydroxyl groups excluding tert-OH is 1. The van der Waals surface area contributed by atoms with E-state index < -0.39 is 25.3 Å². The molecular formula is C28H29NO5P+. The van der Waals surface area contributed by atoms with Gasteiger partial charge in [-0.15, -0.1) is 6.42 Å². The molecule has 2 N–H and O–H groups in total. The van der Waals surface area contributed by atoms with Gasteiger partial charge in [0.1, 0.15) is 6.10 Å². The van der Waals surface area contributed by atoms with E-state index in [2.05, 4.69) is 0 Å². The van der Waals surface area contributed by atoms with Crippen LogP contribution < -0.4 is 4.74 Å². The predicted octanol–water partition coefficient (Wildman–Crippen LogP) is 5.55. The summed E-state index contributed by atoms with van der Waals surface area (Å²) in [4.78, 5) is 28.0. The molecule has 3 rings (SSSR count). The zero-order valence-electron chi connectivity index (χ0n) is 20.4. The topological polar surface area (TPSA) is 96.7 Å². The Morgan fingerprint density at radius 3 is 2.14 bits per heavy atom. The molecule has 1 aromatic heterocycles. The molecule has 0 saturated carbocycles. The number of nitrogens with zero attached hydrogens (tertiary/aromatic N) is 1. The Morgan fingerprint density at radius 1 is 1.06 bits per heavy atom. The minimum atomic E-state index is -3.30. The number of aliphatic hydroxyl groups is 1. The molecule has 0 amide bonds. The molecule has 0 radical (unpaired) electrons. The fraction of sp³-hybridized carbons (Fsp3) is 0.286. The highest BCUT2D eigenvalue weighted by Gasteiger charge is 2.62. The number of terminal acetylenes is 1. The Morgan fingerprint density at radius 2 is 1.66 bits per heavy atom. The van der Waals surface area contributed by atoms with Gasteiger partial charge in [0.25, 0.3) is 0 Å². The smallest absolute Gasteiger partial charge is 0.419 e. The summed E-state index contributed by atoms with van der Waals surface area (Å²) in [6, 6.07) is 17.4. The van der Waals surface area contributed by atoms with E-state index in [9.17, 15) is 19.4 Å². The molecule has 0 aliphatic rings. The monoisotopic (exact) mass is 490 g/mol. The van der Waals surface area contributed by atoms with E-state index in [4.69, 9.17) is 16.1 Å². The largest absolute Gasteiger partial charge is 0.540 e. The van der Waals surface area contributed by atoms with Crippen LogP contribution in [0.5, 0.6) is 5.75 Å². The first-order valence-electron chi connectivity index (χ1n) is 11.2. The van der Waals surface area contributed by atoms with Crippen LogP contribution in [0.4, 0.5) is 0 Å². The van der Waals surface area contributed by atoms with Gasteiger partial charge in [-0.05, 0) is 48.8 Å². The third-order valence-electron chi connectivity index (χ3n) is 5.78. The second kappa shape index (κ2) is 10.5. The van der Waals surface area contributed by atoms with E-state index in [1.54, 1.807) is 0 Å². The van der Waals surface area contributed by atoms with Crippen LogP contribution in [0.25, 0.3) is 22.4 Å². The van der Waals surface area contributed by atoms with Crippen molar-refractivity contribution in [1.29, 1.82) is 0 Å². The summed E-state index contributed by atoms with van der Waals surface area (Å²) < 4.78 is 18.0. The number of pyridine rings is 1. The summed E-state index contributed by atoms with van der Waals surface area (Å²) >= 11 is 0. The van der Waals surface area contributed by atoms with Gasteiger partial charge in [0.05, 0.1) is 11.4 Å². The number of carbonyl (C=O) groups excluding carboxylic acids is 1. The molecule has 0 spiro atoms. The first-order chi connectivity index (χ1) is 16.5. The highest BCUT2D eigenvalue weighted by atomic mass is 31.1. The van der Waals surface area contributed by atoms with E-state index in [1.165, 1.54) is 6.92 Å². The van der Waals surface area contributed by atoms with Gasteiger partial charge >= 0.3 is 19.2 Å². The summed E-state index contributed by atoms with van der Waals surface area (Å²) in [7, 11) is -3.30. The van der Waals surface area contributed by atoms with Crippen molar-refractivity contribution in [3.05, 3.63) is 71.4 Å². The van der Waals surface area contributed by atoms with Crippen molar-refractivity contribution in [2.75, 3.05) is 0 Å². The molecule has 6 nitrogen and oxygen atoms in total. The molecule has 1 heterocycles. The average Bonchev–Trinajstić information content (AvgIpc) is 2.79. The van der Waals surface area contributed by atoms with Gasteiger partial charge in [-0.3, -0.25) is 0 Å². The van der Waals surface area contributed by atoms with Crippen LogP contribution in [-0.4, -0.2) is 32.2 Å². The summed E-state index contributed by atoms with van der Waals surface area (Å²) in [5.41, 5.74) is 5.48. The first-order valence-corrected chi connectivity index (χ1v) is 12.5. The standard InChI is InChI=1S/C28H28NO5P/c1-7-28(20(6)30,35(32)33)27(31)34-26-23(22-14-18(4)13-19(5)15-22)16-24(29-25(26)17(2)3)21-11-9-8-10-12-21/h1,8-17,20,30H,2-6H3/p+1. The molecule has 0 fully saturated rings. The van der Waals surface area contributed by atoms with Crippen LogP contribution in [0, 0.1) is 26.2 Å². The highest BCUT2D eigenvalue weighted by Crippen LogP contribution is 2.43. The Kier molecular flexibility index (Phi) is 7.87. The zero-order valence-corrected chi connectivity index (χ0v) is 21.3. The van der Waals surface area contributed by atoms with Crippen molar-refractivity contribution in [3.63, 3.8) is 0 Å². The minimum absolute atomic E-state index is 0.145. The van der Waals surface area contributed by atoms with Crippen LogP contribution in [0.15, 0.2) is 54.6 Å². The zero-order chi connectivity index (χ0) is 25.9. The number of ether oxygens (including phenoxy) is 1. The Labute approximate surface area is 206 Å². The maximum absolute atomic E-state index is 13.3. The number of carbonyl (C=O) groups is 1. The quantitative estimate of drug-likeness (QED) is 0.256. The number of aryl methyl sites for hydroxylation is 2. The lowest BCUT2D eigenvalue weighted by molar-refractivity contribution is -0.138. The molecule has 3 aromatic rings. The molecule has 0 bridgehead atoms. The Hall–Kier alpha value is -3.36. The van der Waals surface area contributed by atoms with Crippen molar-refractivity contribution < 1.29 is 24.1 Å². The summed E-state index contributed by atoms with van der Waals surface area (Å²) in [5.74, 6) is 0.818. The van der Waals surface area contributed by atoms with Gasteiger partial charge in [-0.25, -0.2) is 9.78 Å². The van der Waals surface area contributed by atoms with Gasteiger partial charge in [0, 0.05) is 11.1 Å². The van der Waals surface area contributed by atoms with E-state index in [1.807, 2.05) is 88.2 Å². The summed E-state index contributed by atoms with van der Waals surface area (Å²) in [5, 5.41) is 7.79. The second-order valence-corrected chi connectivity index (χ2v) is 10.2. The van der Waals surface area contributed by atoms with Crippen LogP contribution >= 0.6 is 8.03 Å². The first kappa shape index (κ1) is 26.2. The van der Waals surface area contributed by atoms with Crippen molar-refractivity contribution in [2.24, 2.45) is 0 Å². The number of esters is 1. The van der Waals surface area contributed by atoms with Crippen molar-refractivity contribution in [1.82, 2.24) is 4.98 Å². The number of benzene rings is 2. The second-order valence-electron chi connectivity index (χ2n) is 8.92. The lowest BCUT2D eigenvalue weighted by Gasteiger charge is -2.22. The molecular weight excluding hydrogens is 461 g/mol. The Balaban J connectivity index is 2.33. The lowest BCUT2D eigenvalue weighted by Crippen LogP contribution is -2.46. The van der Waals surface area contributed by atoms with Gasteiger partial charge in [-0.2, -0.15) is 4.89 Å². The molecule has 0 saturated heterocycles. The van der Waals surface area contributed by atoms with Gasteiger partial charge in [0.15, 0.2) is 5.75 Å². The van der Waals surface area contributed by atoms with Crippen LogP contribution in [0.3, 0.4) is 0 Å². The number of aromatic nitrogens is 1. The van der Waals surface area contributed by atoms with E-state index in [-0.39, 0.29) is 11.7 Å². The normalized spacial score (nSPS) is 14.1. The Bertz CT molecular complexity index is 1290. The fourth-order valence-corrected chi connectivity index (χ4v) is 4.60. The van der Waals surface area contributed by atoms with Crippen molar-refractivity contribution >= 4 is 14.0 Å². The molecule has 3 unspecified atom stereocenters. The molecule has 3 atom stereocenters. The molecule has 0 aliphatic heterocycles. The minimum Gasteiger partial charge on any atom is -0.419 e. The molecule has 180 valence electrons. The summed E-state index contributed by atoms with van der Waals surface area (Å²) in [6.07, 6.45) is 3.87. The van der Waals surface area contributed by atoms with E-state index in [0.717, 1.165) is 22.3 Å². The third-order valence-corrected chi connectivity index (χ3v) is 7.07. The van der Waals surface area contributed by atoms with Crippen LogP contribution in [-0.2, 0) is 9.36 Å². The third kappa shape index (κ3) is 5.18. The molecule has 2 aromatic carbocycles. The number of rotatable bonds is 7. The van der Waals surface area contributed by atoms with Crippen LogP contribution in [0.2, 0.25) is 0 Å². The van der Waals surface area contributed by atoms with Gasteiger partial charge < -0.3 is 9.84 Å². The van der Waals surface area contributed by atoms with Crippen molar-refractivity contribution in [3.8, 4) is 40.5 Å². The average molecular weight is 491 g/mol. The predicted molar refractivity (Wildman–Crippen MR) is 137 cm³/mol.